The monoisotopic (exact) mass is 281 g/mol. The Morgan fingerprint density at radius 3 is 2.55 bits per heavy atom. The second-order valence-corrected chi connectivity index (χ2v) is 4.17. The Balaban J connectivity index is 2.38. The van der Waals surface area contributed by atoms with Gasteiger partial charge in [-0.25, -0.2) is 13.2 Å². The van der Waals surface area contributed by atoms with Crippen LogP contribution in [0.25, 0.3) is 0 Å². The summed E-state index contributed by atoms with van der Waals surface area (Å²) in [5.41, 5.74) is -0.908. The fraction of sp³-hybridized carbons (Fsp3) is 0.0714. The number of phenols is 1. The van der Waals surface area contributed by atoms with Crippen LogP contribution in [-0.2, 0) is 0 Å². The SMILES string of the molecule is Cc1ccc(F)c(NC(=O)c2cc(F)ccc2O)c1F. The smallest absolute Gasteiger partial charge is 0.259 e. The van der Waals surface area contributed by atoms with Crippen LogP contribution in [-0.4, -0.2) is 11.0 Å². The van der Waals surface area contributed by atoms with Crippen LogP contribution in [0, 0.1) is 24.4 Å². The normalized spacial score (nSPS) is 10.4. The molecule has 6 heteroatoms. The topological polar surface area (TPSA) is 49.3 Å². The predicted octanol–water partition coefficient (Wildman–Crippen LogP) is 3.37. The molecule has 3 nitrogen and oxygen atoms in total. The van der Waals surface area contributed by atoms with Crippen molar-refractivity contribution >= 4 is 11.6 Å². The first kappa shape index (κ1) is 13.9. The summed E-state index contributed by atoms with van der Waals surface area (Å²) < 4.78 is 40.3. The number of aromatic hydroxyl groups is 1. The molecule has 2 N–H and O–H groups in total. The summed E-state index contributed by atoms with van der Waals surface area (Å²) in [7, 11) is 0. The molecule has 1 amide bonds. The first-order valence-corrected chi connectivity index (χ1v) is 5.64. The molecule has 0 aliphatic heterocycles. The van der Waals surface area contributed by atoms with E-state index in [9.17, 15) is 23.1 Å². The lowest BCUT2D eigenvalue weighted by Gasteiger charge is -2.10. The fourth-order valence-electron chi connectivity index (χ4n) is 1.64. The van der Waals surface area contributed by atoms with Gasteiger partial charge in [0.05, 0.1) is 5.56 Å². The van der Waals surface area contributed by atoms with Gasteiger partial charge < -0.3 is 10.4 Å². The summed E-state index contributed by atoms with van der Waals surface area (Å²) in [4.78, 5) is 11.8. The molecule has 2 rings (SSSR count). The number of anilines is 1. The van der Waals surface area contributed by atoms with Crippen molar-refractivity contribution in [3.05, 3.63) is 58.9 Å². The van der Waals surface area contributed by atoms with E-state index in [1.807, 2.05) is 5.32 Å². The van der Waals surface area contributed by atoms with Crippen molar-refractivity contribution < 1.29 is 23.1 Å². The number of amides is 1. The van der Waals surface area contributed by atoms with E-state index in [4.69, 9.17) is 0 Å². The predicted molar refractivity (Wildman–Crippen MR) is 67.1 cm³/mol. The summed E-state index contributed by atoms with van der Waals surface area (Å²) in [5, 5.41) is 11.4. The lowest BCUT2D eigenvalue weighted by Crippen LogP contribution is -2.15. The van der Waals surface area contributed by atoms with E-state index in [0.29, 0.717) is 0 Å². The Morgan fingerprint density at radius 1 is 1.15 bits per heavy atom. The Bertz CT molecular complexity index is 686. The molecule has 0 atom stereocenters. The minimum atomic E-state index is -1.01. The molecular weight excluding hydrogens is 271 g/mol. The number of hydrogen-bond donors (Lipinski definition) is 2. The number of halogens is 3. The van der Waals surface area contributed by atoms with Gasteiger partial charge in [0, 0.05) is 0 Å². The maximum atomic E-state index is 13.7. The molecule has 0 aliphatic carbocycles. The number of carbonyl (C=O) groups is 1. The summed E-state index contributed by atoms with van der Waals surface area (Å²) in [6.07, 6.45) is 0. The third kappa shape index (κ3) is 2.59. The summed E-state index contributed by atoms with van der Waals surface area (Å²) in [5.74, 6) is -4.13. The standard InChI is InChI=1S/C14H10F3NO2/c1-7-2-4-10(16)13(12(7)17)18-14(20)9-6-8(15)3-5-11(9)19/h2-6,19H,1H3,(H,18,20). The number of nitrogens with one attached hydrogen (secondary N) is 1. The molecule has 2 aromatic carbocycles. The first-order valence-electron chi connectivity index (χ1n) is 5.64. The Kier molecular flexibility index (Phi) is 3.65. The van der Waals surface area contributed by atoms with Crippen LogP contribution in [0.5, 0.6) is 5.75 Å². The minimum absolute atomic E-state index is 0.144. The molecule has 0 saturated heterocycles. The van der Waals surface area contributed by atoms with Gasteiger partial charge in [0.25, 0.3) is 5.91 Å². The van der Waals surface area contributed by atoms with Crippen LogP contribution < -0.4 is 5.32 Å². The molecule has 0 spiro atoms. The molecule has 20 heavy (non-hydrogen) atoms. The molecule has 0 bridgehead atoms. The van der Waals surface area contributed by atoms with Gasteiger partial charge in [-0.2, -0.15) is 0 Å². The molecular formula is C14H10F3NO2. The maximum Gasteiger partial charge on any atom is 0.259 e. The van der Waals surface area contributed by atoms with Crippen molar-refractivity contribution in [3.63, 3.8) is 0 Å². The van der Waals surface area contributed by atoms with Gasteiger partial charge in [-0.3, -0.25) is 4.79 Å². The third-order valence-corrected chi connectivity index (χ3v) is 2.73. The van der Waals surface area contributed by atoms with Crippen LogP contribution >= 0.6 is 0 Å². The van der Waals surface area contributed by atoms with E-state index in [-0.39, 0.29) is 5.56 Å². The molecule has 0 aromatic heterocycles. The molecule has 0 fully saturated rings. The summed E-state index contributed by atoms with van der Waals surface area (Å²) in [6.45, 7) is 1.41. The lowest BCUT2D eigenvalue weighted by atomic mass is 10.1. The van der Waals surface area contributed by atoms with Crippen molar-refractivity contribution in [1.29, 1.82) is 0 Å². The number of rotatable bonds is 2. The Labute approximate surface area is 112 Å². The zero-order chi connectivity index (χ0) is 14.9. The van der Waals surface area contributed by atoms with Crippen LogP contribution in [0.4, 0.5) is 18.9 Å². The molecule has 0 heterocycles. The van der Waals surface area contributed by atoms with Crippen molar-refractivity contribution in [2.24, 2.45) is 0 Å². The van der Waals surface area contributed by atoms with Crippen LogP contribution in [0.15, 0.2) is 30.3 Å². The number of carbonyl (C=O) groups excluding carboxylic acids is 1. The molecule has 0 aliphatic rings. The van der Waals surface area contributed by atoms with Gasteiger partial charge >= 0.3 is 0 Å². The average molecular weight is 281 g/mol. The van der Waals surface area contributed by atoms with Gasteiger partial charge in [-0.15, -0.1) is 0 Å². The molecule has 0 saturated carbocycles. The fourth-order valence-corrected chi connectivity index (χ4v) is 1.64. The quantitative estimate of drug-likeness (QED) is 0.886. The highest BCUT2D eigenvalue weighted by Gasteiger charge is 2.18. The number of benzene rings is 2. The third-order valence-electron chi connectivity index (χ3n) is 2.73. The highest BCUT2D eigenvalue weighted by Crippen LogP contribution is 2.24. The summed E-state index contributed by atoms with van der Waals surface area (Å²) >= 11 is 0. The van der Waals surface area contributed by atoms with Gasteiger partial charge in [0.1, 0.15) is 23.1 Å². The second kappa shape index (κ2) is 5.24. The average Bonchev–Trinajstić information content (AvgIpc) is 2.41. The van der Waals surface area contributed by atoms with E-state index in [2.05, 4.69) is 0 Å². The molecule has 0 unspecified atom stereocenters. The number of phenolic OH excluding ortho intramolecular Hbond substituents is 1. The Hall–Kier alpha value is -2.50. The van der Waals surface area contributed by atoms with E-state index in [0.717, 1.165) is 24.3 Å². The molecule has 104 valence electrons. The zero-order valence-corrected chi connectivity index (χ0v) is 10.4. The number of hydrogen-bond acceptors (Lipinski definition) is 2. The van der Waals surface area contributed by atoms with Crippen LogP contribution in [0.1, 0.15) is 15.9 Å². The highest BCUT2D eigenvalue weighted by atomic mass is 19.1. The number of aryl methyl sites for hydroxylation is 1. The lowest BCUT2D eigenvalue weighted by molar-refractivity contribution is 0.102. The maximum absolute atomic E-state index is 13.7. The second-order valence-electron chi connectivity index (χ2n) is 4.17. The van der Waals surface area contributed by atoms with Crippen molar-refractivity contribution in [3.8, 4) is 5.75 Å². The van der Waals surface area contributed by atoms with Crippen molar-refractivity contribution in [2.45, 2.75) is 6.92 Å². The zero-order valence-electron chi connectivity index (χ0n) is 10.4. The van der Waals surface area contributed by atoms with E-state index in [1.165, 1.54) is 13.0 Å². The van der Waals surface area contributed by atoms with E-state index < -0.39 is 40.4 Å². The van der Waals surface area contributed by atoms with E-state index >= 15 is 0 Å². The van der Waals surface area contributed by atoms with Crippen molar-refractivity contribution in [1.82, 2.24) is 0 Å². The highest BCUT2D eigenvalue weighted by molar-refractivity contribution is 6.06. The van der Waals surface area contributed by atoms with Gasteiger partial charge in [-0.05, 0) is 36.8 Å². The van der Waals surface area contributed by atoms with Gasteiger partial charge in [0.15, 0.2) is 5.82 Å². The van der Waals surface area contributed by atoms with Crippen molar-refractivity contribution in [2.75, 3.05) is 5.32 Å². The van der Waals surface area contributed by atoms with Gasteiger partial charge in [-0.1, -0.05) is 6.07 Å². The minimum Gasteiger partial charge on any atom is -0.507 e. The van der Waals surface area contributed by atoms with Crippen LogP contribution in [0.3, 0.4) is 0 Å². The largest absolute Gasteiger partial charge is 0.507 e. The van der Waals surface area contributed by atoms with Crippen LogP contribution in [0.2, 0.25) is 0 Å². The first-order chi connectivity index (χ1) is 9.40. The molecule has 0 radical (unpaired) electrons. The van der Waals surface area contributed by atoms with Gasteiger partial charge in [0.2, 0.25) is 0 Å². The molecule has 2 aromatic rings. The summed E-state index contributed by atoms with van der Waals surface area (Å²) in [6, 6.07) is 4.93. The Morgan fingerprint density at radius 2 is 1.85 bits per heavy atom. The van der Waals surface area contributed by atoms with E-state index in [1.54, 1.807) is 0 Å².